The van der Waals surface area contributed by atoms with Gasteiger partial charge in [-0.25, -0.2) is 0 Å². The molecule has 4 fully saturated rings. The first-order valence-electron chi connectivity index (χ1n) is 10.9. The molecule has 4 aliphatic rings. The fourth-order valence-electron chi connectivity index (χ4n) is 7.12. The fraction of sp³-hybridized carbons (Fsp3) is 1.00. The molecule has 0 aromatic heterocycles. The topological polar surface area (TPSA) is 0 Å². The molecule has 1 heteroatoms. The van der Waals surface area contributed by atoms with E-state index >= 15 is 0 Å². The summed E-state index contributed by atoms with van der Waals surface area (Å²) in [7, 11) is 0. The summed E-state index contributed by atoms with van der Waals surface area (Å²) in [5, 5.41) is 1.05. The molecule has 9 unspecified atom stereocenters. The third-order valence-corrected chi connectivity index (χ3v) is 9.13. The van der Waals surface area contributed by atoms with Crippen LogP contribution in [0.15, 0.2) is 0 Å². The number of hydrogen-bond acceptors (Lipinski definition) is 1. The molecule has 9 atom stereocenters. The van der Waals surface area contributed by atoms with Gasteiger partial charge in [0.05, 0.1) is 0 Å². The van der Waals surface area contributed by atoms with Gasteiger partial charge in [-0.1, -0.05) is 54.9 Å². The first-order valence-corrected chi connectivity index (χ1v) is 11.9. The highest BCUT2D eigenvalue weighted by atomic mass is 32.2. The predicted molar refractivity (Wildman–Crippen MR) is 107 cm³/mol. The fourth-order valence-corrected chi connectivity index (χ4v) is 8.59. The lowest BCUT2D eigenvalue weighted by Crippen LogP contribution is -2.40. The van der Waals surface area contributed by atoms with Crippen molar-refractivity contribution < 1.29 is 0 Å². The van der Waals surface area contributed by atoms with Crippen molar-refractivity contribution >= 4 is 11.8 Å². The third-order valence-electron chi connectivity index (χ3n) is 7.51. The average molecular weight is 339 g/mol. The Hall–Kier alpha value is 0.350. The minimum atomic E-state index is 1.05. The lowest BCUT2D eigenvalue weighted by atomic mass is 9.63. The molecule has 0 heterocycles. The molecule has 136 valence electrons. The van der Waals surface area contributed by atoms with Crippen molar-refractivity contribution in [3.05, 3.63) is 0 Å². The largest absolute Gasteiger partial charge is 0.158 e. The third kappa shape index (κ3) is 3.13. The van der Waals surface area contributed by atoms with Gasteiger partial charge < -0.3 is 0 Å². The second-order valence-electron chi connectivity index (χ2n) is 7.95. The molecule has 4 rings (SSSR count). The van der Waals surface area contributed by atoms with Gasteiger partial charge in [-0.15, -0.1) is 0 Å². The maximum Gasteiger partial charge on any atom is 0.00810 e. The molecule has 4 bridgehead atoms. The number of fused-ring (bicyclic) bond motifs is 9. The maximum atomic E-state index is 2.59. The van der Waals surface area contributed by atoms with Crippen molar-refractivity contribution in [2.45, 2.75) is 85.8 Å². The minimum absolute atomic E-state index is 1.05. The van der Waals surface area contributed by atoms with Crippen LogP contribution >= 0.6 is 11.8 Å². The lowest BCUT2D eigenvalue weighted by molar-refractivity contribution is 0.0642. The summed E-state index contributed by atoms with van der Waals surface area (Å²) < 4.78 is 0. The second kappa shape index (κ2) is 8.63. The van der Waals surface area contributed by atoms with Crippen LogP contribution in [0, 0.1) is 47.3 Å². The van der Waals surface area contributed by atoms with Crippen molar-refractivity contribution in [2.24, 2.45) is 47.3 Å². The molecule has 0 spiro atoms. The van der Waals surface area contributed by atoms with Crippen LogP contribution in [0.25, 0.3) is 0 Å². The van der Waals surface area contributed by atoms with Crippen molar-refractivity contribution in [2.75, 3.05) is 5.75 Å². The van der Waals surface area contributed by atoms with Crippen molar-refractivity contribution in [1.29, 1.82) is 0 Å². The van der Waals surface area contributed by atoms with Crippen LogP contribution in [0.3, 0.4) is 0 Å². The van der Waals surface area contributed by atoms with E-state index in [-0.39, 0.29) is 0 Å². The summed E-state index contributed by atoms with van der Waals surface area (Å²) in [5.74, 6) is 10.4. The first-order chi connectivity index (χ1) is 11.3. The van der Waals surface area contributed by atoms with Gasteiger partial charge >= 0.3 is 0 Å². The Balaban J connectivity index is 0.000000448. The van der Waals surface area contributed by atoms with Gasteiger partial charge in [0.15, 0.2) is 0 Å². The Bertz CT molecular complexity index is 350. The first kappa shape index (κ1) is 19.7. The summed E-state index contributed by atoms with van der Waals surface area (Å²) in [6, 6.07) is 0. The smallest absolute Gasteiger partial charge is 0.00810 e. The summed E-state index contributed by atoms with van der Waals surface area (Å²) in [5.41, 5.74) is 0. The molecule has 0 saturated heterocycles. The van der Waals surface area contributed by atoms with E-state index in [1.807, 2.05) is 27.7 Å². The minimum Gasteiger partial charge on any atom is -0.158 e. The molecule has 0 aliphatic heterocycles. The zero-order valence-electron chi connectivity index (χ0n) is 16.8. The van der Waals surface area contributed by atoms with E-state index in [0.29, 0.717) is 0 Å². The number of thioether (sulfide) groups is 1. The molecule has 0 nitrogen and oxygen atoms in total. The van der Waals surface area contributed by atoms with Crippen molar-refractivity contribution in [1.82, 2.24) is 0 Å². The van der Waals surface area contributed by atoms with Crippen LogP contribution in [0.5, 0.6) is 0 Å². The second-order valence-corrected chi connectivity index (χ2v) is 9.30. The molecule has 23 heavy (non-hydrogen) atoms. The average Bonchev–Trinajstić information content (AvgIpc) is 3.33. The Morgan fingerprint density at radius 3 is 2.13 bits per heavy atom. The van der Waals surface area contributed by atoms with Crippen LogP contribution in [-0.2, 0) is 0 Å². The van der Waals surface area contributed by atoms with Crippen molar-refractivity contribution in [3.63, 3.8) is 0 Å². The lowest BCUT2D eigenvalue weighted by Gasteiger charge is -2.44. The summed E-state index contributed by atoms with van der Waals surface area (Å²) in [6.07, 6.45) is 7.65. The van der Waals surface area contributed by atoms with E-state index in [4.69, 9.17) is 0 Å². The molecule has 4 aliphatic carbocycles. The standard InChI is InChI=1S/C18H30S.2C2H6/c1-4-6-19-16-8-11-7-15(16)18-13-9-14(17(11)18)12(5-2)10(13)3;2*1-2/h10-18H,4-9H2,1-3H3;2*1-2H3. The van der Waals surface area contributed by atoms with Gasteiger partial charge in [0.25, 0.3) is 0 Å². The zero-order chi connectivity index (χ0) is 17.1. The highest BCUT2D eigenvalue weighted by Crippen LogP contribution is 2.71. The van der Waals surface area contributed by atoms with E-state index in [1.165, 1.54) is 24.5 Å². The van der Waals surface area contributed by atoms with E-state index in [1.54, 1.807) is 19.3 Å². The molecular weight excluding hydrogens is 296 g/mol. The SMILES string of the molecule is CC.CC.CCCSC1CC2CC1C1C3CC(C(CC)C3C)C21. The van der Waals surface area contributed by atoms with Gasteiger partial charge in [0, 0.05) is 5.25 Å². The van der Waals surface area contributed by atoms with E-state index in [0.717, 1.165) is 46.7 Å². The highest BCUT2D eigenvalue weighted by Gasteiger charge is 2.66. The number of hydrogen-bond donors (Lipinski definition) is 0. The van der Waals surface area contributed by atoms with Gasteiger partial charge in [-0.3, -0.25) is 0 Å². The van der Waals surface area contributed by atoms with Crippen LogP contribution in [-0.4, -0.2) is 11.0 Å². The molecule has 0 radical (unpaired) electrons. The predicted octanol–water partition coefficient (Wildman–Crippen LogP) is 7.13. The monoisotopic (exact) mass is 338 g/mol. The summed E-state index contributed by atoms with van der Waals surface area (Å²) in [6.45, 7) is 15.4. The normalized spacial score (nSPS) is 48.4. The molecule has 4 saturated carbocycles. The molecule has 0 N–H and O–H groups in total. The molecule has 0 amide bonds. The van der Waals surface area contributed by atoms with Gasteiger partial charge in [0.2, 0.25) is 0 Å². The Morgan fingerprint density at radius 2 is 1.52 bits per heavy atom. The number of rotatable bonds is 4. The Labute approximate surface area is 151 Å². The summed E-state index contributed by atoms with van der Waals surface area (Å²) in [4.78, 5) is 0. The van der Waals surface area contributed by atoms with Crippen LogP contribution in [0.4, 0.5) is 0 Å². The highest BCUT2D eigenvalue weighted by molar-refractivity contribution is 7.99. The van der Waals surface area contributed by atoms with E-state index < -0.39 is 0 Å². The van der Waals surface area contributed by atoms with Gasteiger partial charge in [0.1, 0.15) is 0 Å². The zero-order valence-corrected chi connectivity index (χ0v) is 17.7. The van der Waals surface area contributed by atoms with Gasteiger partial charge in [-0.2, -0.15) is 11.8 Å². The van der Waals surface area contributed by atoms with E-state index in [2.05, 4.69) is 32.5 Å². The molecule has 0 aromatic carbocycles. The Morgan fingerprint density at radius 1 is 0.826 bits per heavy atom. The van der Waals surface area contributed by atoms with E-state index in [9.17, 15) is 0 Å². The van der Waals surface area contributed by atoms with Crippen LogP contribution < -0.4 is 0 Å². The summed E-state index contributed by atoms with van der Waals surface area (Å²) >= 11 is 2.33. The van der Waals surface area contributed by atoms with Crippen LogP contribution in [0.2, 0.25) is 0 Å². The van der Waals surface area contributed by atoms with Crippen molar-refractivity contribution in [3.8, 4) is 0 Å². The van der Waals surface area contributed by atoms with Gasteiger partial charge in [-0.05, 0) is 78.8 Å². The van der Waals surface area contributed by atoms with Crippen LogP contribution in [0.1, 0.15) is 80.6 Å². The molecule has 0 aromatic rings. The molecular formula is C22H42S. The maximum absolute atomic E-state index is 2.59. The quantitative estimate of drug-likeness (QED) is 0.491. The Kier molecular flexibility index (Phi) is 7.38.